The van der Waals surface area contributed by atoms with Gasteiger partial charge in [0.2, 0.25) is 0 Å². The topological polar surface area (TPSA) is 127 Å². The molecule has 1 aromatic carbocycles. The van der Waals surface area contributed by atoms with Gasteiger partial charge in [-0.3, -0.25) is 0 Å². The summed E-state index contributed by atoms with van der Waals surface area (Å²) in [5.74, 6) is -1.51. The second-order valence-electron chi connectivity index (χ2n) is 3.66. The maximum absolute atomic E-state index is 12.1. The predicted octanol–water partition coefficient (Wildman–Crippen LogP) is 0.363. The van der Waals surface area contributed by atoms with Gasteiger partial charge in [0.15, 0.2) is 0 Å². The third kappa shape index (κ3) is 2.86. The molecule has 0 aliphatic carbocycles. The fraction of sp³-hybridized carbons (Fsp3) is 0.111. The lowest BCUT2D eigenvalue weighted by Crippen LogP contribution is -2.15. The number of hydrogen-bond donors (Lipinski definition) is 2. The Morgan fingerprint density at radius 3 is 2.70 bits per heavy atom. The molecule has 1 aromatic heterocycles. The Hall–Kier alpha value is -2.20. The number of carboxylic acid groups (broad SMARTS) is 1. The molecule has 2 rings (SSSR count). The molecule has 11 heteroatoms. The molecule has 0 fully saturated rings. The number of halogens is 1. The third-order valence-corrected chi connectivity index (χ3v) is 4.01. The zero-order chi connectivity index (χ0) is 14.9. The number of benzene rings is 1. The smallest absolute Gasteiger partial charge is 0.335 e. The van der Waals surface area contributed by atoms with Crippen LogP contribution in [-0.4, -0.2) is 39.7 Å². The Bertz CT molecular complexity index is 772. The van der Waals surface area contributed by atoms with Gasteiger partial charge >= 0.3 is 5.97 Å². The van der Waals surface area contributed by atoms with Gasteiger partial charge in [0.1, 0.15) is 4.90 Å². The van der Waals surface area contributed by atoms with E-state index >= 15 is 0 Å². The number of anilines is 1. The fourth-order valence-corrected chi connectivity index (χ4v) is 2.80. The molecule has 0 spiro atoms. The number of nitrogens with zero attached hydrogens (tertiary/aromatic N) is 4. The average molecular weight is 318 g/mol. The van der Waals surface area contributed by atoms with Crippen molar-refractivity contribution >= 4 is 33.5 Å². The minimum absolute atomic E-state index is 0.119. The SMILES string of the molecule is Cn1nnc(NS(=O)(=O)c2cc(C(=O)O)ccc2Cl)n1. The molecule has 106 valence electrons. The summed E-state index contributed by atoms with van der Waals surface area (Å²) in [4.78, 5) is 11.5. The summed E-state index contributed by atoms with van der Waals surface area (Å²) in [6.45, 7) is 0. The van der Waals surface area contributed by atoms with Crippen LogP contribution in [0.1, 0.15) is 10.4 Å². The lowest BCUT2D eigenvalue weighted by molar-refractivity contribution is 0.0696. The molecule has 2 aromatic rings. The van der Waals surface area contributed by atoms with Gasteiger partial charge < -0.3 is 5.11 Å². The van der Waals surface area contributed by atoms with Crippen molar-refractivity contribution in [3.05, 3.63) is 28.8 Å². The Morgan fingerprint density at radius 2 is 2.15 bits per heavy atom. The van der Waals surface area contributed by atoms with E-state index in [0.717, 1.165) is 10.9 Å². The zero-order valence-corrected chi connectivity index (χ0v) is 11.6. The number of aromatic carboxylic acids is 1. The van der Waals surface area contributed by atoms with Crippen molar-refractivity contribution in [3.8, 4) is 0 Å². The highest BCUT2D eigenvalue weighted by Crippen LogP contribution is 2.24. The van der Waals surface area contributed by atoms with Gasteiger partial charge in [0, 0.05) is 0 Å². The molecule has 0 saturated carbocycles. The second-order valence-corrected chi connectivity index (χ2v) is 5.72. The van der Waals surface area contributed by atoms with Crippen molar-refractivity contribution in [1.29, 1.82) is 0 Å². The van der Waals surface area contributed by atoms with E-state index in [-0.39, 0.29) is 21.4 Å². The molecule has 0 saturated heterocycles. The highest BCUT2D eigenvalue weighted by Gasteiger charge is 2.21. The van der Waals surface area contributed by atoms with Crippen molar-refractivity contribution in [2.24, 2.45) is 7.05 Å². The molecule has 1 heterocycles. The Labute approximate surface area is 118 Å². The van der Waals surface area contributed by atoms with Crippen molar-refractivity contribution in [2.75, 3.05) is 4.72 Å². The highest BCUT2D eigenvalue weighted by atomic mass is 35.5. The number of nitrogens with one attached hydrogen (secondary N) is 1. The number of aromatic nitrogens is 4. The summed E-state index contributed by atoms with van der Waals surface area (Å²) in [5, 5.41) is 19.3. The summed E-state index contributed by atoms with van der Waals surface area (Å²) < 4.78 is 26.3. The van der Waals surface area contributed by atoms with Crippen molar-refractivity contribution in [3.63, 3.8) is 0 Å². The van der Waals surface area contributed by atoms with E-state index in [1.165, 1.54) is 19.2 Å². The molecular formula is C9H8ClN5O4S. The summed E-state index contributed by atoms with van der Waals surface area (Å²) in [5.41, 5.74) is -0.207. The van der Waals surface area contributed by atoms with E-state index < -0.39 is 16.0 Å². The molecule has 0 aliphatic rings. The summed E-state index contributed by atoms with van der Waals surface area (Å²) in [7, 11) is -2.65. The molecule has 0 radical (unpaired) electrons. The first-order chi connectivity index (χ1) is 9.29. The third-order valence-electron chi connectivity index (χ3n) is 2.20. The summed E-state index contributed by atoms with van der Waals surface area (Å²) >= 11 is 5.78. The van der Waals surface area contributed by atoms with Crippen LogP contribution >= 0.6 is 11.6 Å². The van der Waals surface area contributed by atoms with Crippen LogP contribution < -0.4 is 4.72 Å². The second kappa shape index (κ2) is 5.06. The Kier molecular flexibility index (Phi) is 3.59. The number of carbonyl (C=O) groups is 1. The van der Waals surface area contributed by atoms with E-state index in [1.54, 1.807) is 0 Å². The summed E-state index contributed by atoms with van der Waals surface area (Å²) in [6.07, 6.45) is 0. The van der Waals surface area contributed by atoms with E-state index in [9.17, 15) is 13.2 Å². The van der Waals surface area contributed by atoms with E-state index in [0.29, 0.717) is 0 Å². The molecule has 2 N–H and O–H groups in total. The molecule has 9 nitrogen and oxygen atoms in total. The lowest BCUT2D eigenvalue weighted by atomic mass is 10.2. The average Bonchev–Trinajstić information content (AvgIpc) is 2.73. The standard InChI is InChI=1S/C9H8ClN5O4S/c1-15-12-9(11-14-15)13-20(18,19)7-4-5(8(16)17)2-3-6(7)10/h2-4H,1H3,(H,12,13)(H,16,17). The molecule has 0 unspecified atom stereocenters. The van der Waals surface area contributed by atoms with Crippen LogP contribution in [-0.2, 0) is 17.1 Å². The van der Waals surface area contributed by atoms with Gasteiger partial charge in [-0.2, -0.15) is 4.80 Å². The largest absolute Gasteiger partial charge is 0.478 e. The quantitative estimate of drug-likeness (QED) is 0.833. The van der Waals surface area contributed by atoms with Crippen molar-refractivity contribution in [1.82, 2.24) is 20.2 Å². The van der Waals surface area contributed by atoms with Crippen molar-refractivity contribution in [2.45, 2.75) is 4.90 Å². The van der Waals surface area contributed by atoms with Gasteiger partial charge in [-0.1, -0.05) is 16.7 Å². The van der Waals surface area contributed by atoms with Crippen LogP contribution in [0.15, 0.2) is 23.1 Å². The van der Waals surface area contributed by atoms with Crippen LogP contribution in [0.4, 0.5) is 5.95 Å². The number of hydrogen-bond acceptors (Lipinski definition) is 6. The Morgan fingerprint density at radius 1 is 1.45 bits per heavy atom. The number of sulfonamides is 1. The number of carboxylic acids is 1. The number of aryl methyl sites for hydroxylation is 1. The normalized spacial score (nSPS) is 11.3. The first-order valence-electron chi connectivity index (χ1n) is 5.09. The van der Waals surface area contributed by atoms with Crippen LogP contribution in [0.3, 0.4) is 0 Å². The molecule has 0 bridgehead atoms. The molecule has 0 amide bonds. The minimum atomic E-state index is -4.11. The van der Waals surface area contributed by atoms with Crippen LogP contribution in [0.5, 0.6) is 0 Å². The molecular weight excluding hydrogens is 310 g/mol. The maximum atomic E-state index is 12.1. The van der Waals surface area contributed by atoms with Gasteiger partial charge in [-0.05, 0) is 23.4 Å². The highest BCUT2D eigenvalue weighted by molar-refractivity contribution is 7.92. The van der Waals surface area contributed by atoms with Crippen LogP contribution in [0.2, 0.25) is 5.02 Å². The predicted molar refractivity (Wildman–Crippen MR) is 68.0 cm³/mol. The Balaban J connectivity index is 2.43. The fourth-order valence-electron chi connectivity index (χ4n) is 1.34. The lowest BCUT2D eigenvalue weighted by Gasteiger charge is -2.07. The van der Waals surface area contributed by atoms with Gasteiger partial charge in [0.05, 0.1) is 17.6 Å². The molecule has 20 heavy (non-hydrogen) atoms. The van der Waals surface area contributed by atoms with Crippen LogP contribution in [0, 0.1) is 0 Å². The first-order valence-corrected chi connectivity index (χ1v) is 6.95. The number of rotatable bonds is 4. The van der Waals surface area contributed by atoms with Crippen LogP contribution in [0.25, 0.3) is 0 Å². The first kappa shape index (κ1) is 14.2. The minimum Gasteiger partial charge on any atom is -0.478 e. The van der Waals surface area contributed by atoms with Gasteiger partial charge in [-0.15, -0.1) is 5.10 Å². The molecule has 0 aliphatic heterocycles. The monoisotopic (exact) mass is 317 g/mol. The van der Waals surface area contributed by atoms with Gasteiger partial charge in [-0.25, -0.2) is 17.9 Å². The molecule has 0 atom stereocenters. The van der Waals surface area contributed by atoms with E-state index in [4.69, 9.17) is 16.7 Å². The summed E-state index contributed by atoms with van der Waals surface area (Å²) in [6, 6.07) is 3.33. The maximum Gasteiger partial charge on any atom is 0.335 e. The van der Waals surface area contributed by atoms with E-state index in [2.05, 4.69) is 20.1 Å². The zero-order valence-electron chi connectivity index (χ0n) is 9.98. The van der Waals surface area contributed by atoms with Crippen molar-refractivity contribution < 1.29 is 18.3 Å². The number of tetrazole rings is 1. The van der Waals surface area contributed by atoms with Gasteiger partial charge in [0.25, 0.3) is 16.0 Å². The van der Waals surface area contributed by atoms with E-state index in [1.807, 2.05) is 0 Å².